The van der Waals surface area contributed by atoms with E-state index in [0.29, 0.717) is 12.1 Å². The van der Waals surface area contributed by atoms with E-state index in [1.54, 1.807) is 12.1 Å². The Hall–Kier alpha value is -2.57. The molecule has 0 bridgehead atoms. The third kappa shape index (κ3) is 6.58. The summed E-state index contributed by atoms with van der Waals surface area (Å²) in [4.78, 5) is 29.4. The van der Waals surface area contributed by atoms with Gasteiger partial charge >= 0.3 is 0 Å². The molecule has 0 aliphatic carbocycles. The highest BCUT2D eigenvalue weighted by Crippen LogP contribution is 2.23. The molecule has 148 valence electrons. The SMILES string of the molecule is CN=C(NCc1ccc(C(=O)NCC(N)=O)cc1)N1CCC(CC(C)C)C1. The number of hydrogen-bond donors (Lipinski definition) is 3. The van der Waals surface area contributed by atoms with Crippen molar-refractivity contribution in [2.45, 2.75) is 33.2 Å². The van der Waals surface area contributed by atoms with Crippen LogP contribution in [0, 0.1) is 11.8 Å². The van der Waals surface area contributed by atoms with Gasteiger partial charge in [0.1, 0.15) is 0 Å². The first-order chi connectivity index (χ1) is 12.9. The molecule has 0 aromatic heterocycles. The van der Waals surface area contributed by atoms with Gasteiger partial charge in [-0.2, -0.15) is 0 Å². The van der Waals surface area contributed by atoms with E-state index in [1.807, 2.05) is 19.2 Å². The number of nitrogens with one attached hydrogen (secondary N) is 2. The van der Waals surface area contributed by atoms with Gasteiger partial charge < -0.3 is 21.3 Å². The number of carbonyl (C=O) groups is 2. The first-order valence-corrected chi connectivity index (χ1v) is 9.50. The molecule has 7 heteroatoms. The van der Waals surface area contributed by atoms with E-state index in [4.69, 9.17) is 5.73 Å². The Morgan fingerprint density at radius 2 is 1.96 bits per heavy atom. The van der Waals surface area contributed by atoms with E-state index in [1.165, 1.54) is 12.8 Å². The van der Waals surface area contributed by atoms with Crippen molar-refractivity contribution in [1.29, 1.82) is 0 Å². The fourth-order valence-corrected chi connectivity index (χ4v) is 3.44. The molecule has 4 N–H and O–H groups in total. The third-order valence-corrected chi connectivity index (χ3v) is 4.69. The van der Waals surface area contributed by atoms with Crippen LogP contribution in [-0.2, 0) is 11.3 Å². The number of amides is 2. The van der Waals surface area contributed by atoms with Gasteiger partial charge in [-0.3, -0.25) is 14.6 Å². The molecule has 2 amide bonds. The summed E-state index contributed by atoms with van der Waals surface area (Å²) in [6.07, 6.45) is 2.47. The lowest BCUT2D eigenvalue weighted by Gasteiger charge is -2.22. The maximum atomic E-state index is 11.9. The second-order valence-electron chi connectivity index (χ2n) is 7.48. The van der Waals surface area contributed by atoms with Crippen LogP contribution in [0.15, 0.2) is 29.3 Å². The fraction of sp³-hybridized carbons (Fsp3) is 0.550. The topological polar surface area (TPSA) is 99.8 Å². The highest BCUT2D eigenvalue weighted by Gasteiger charge is 2.25. The van der Waals surface area contributed by atoms with Crippen LogP contribution in [0.3, 0.4) is 0 Å². The van der Waals surface area contributed by atoms with Crippen molar-refractivity contribution < 1.29 is 9.59 Å². The Morgan fingerprint density at radius 3 is 2.56 bits per heavy atom. The minimum atomic E-state index is -0.562. The molecule has 0 saturated carbocycles. The standard InChI is InChI=1S/C20H31N5O2/c1-14(2)10-16-8-9-25(13-16)20(22-3)24-11-15-4-6-17(7-5-15)19(27)23-12-18(21)26/h4-7,14,16H,8-13H2,1-3H3,(H2,21,26)(H,22,24)(H,23,27). The summed E-state index contributed by atoms with van der Waals surface area (Å²) < 4.78 is 0. The fourth-order valence-electron chi connectivity index (χ4n) is 3.44. The molecule has 1 aliphatic rings. The average Bonchev–Trinajstić information content (AvgIpc) is 3.08. The lowest BCUT2D eigenvalue weighted by atomic mass is 9.97. The van der Waals surface area contributed by atoms with Gasteiger partial charge in [0.2, 0.25) is 5.91 Å². The van der Waals surface area contributed by atoms with E-state index in [0.717, 1.165) is 36.4 Å². The second-order valence-corrected chi connectivity index (χ2v) is 7.48. The van der Waals surface area contributed by atoms with Gasteiger partial charge in [0.15, 0.2) is 5.96 Å². The molecule has 0 radical (unpaired) electrons. The van der Waals surface area contributed by atoms with E-state index >= 15 is 0 Å². The summed E-state index contributed by atoms with van der Waals surface area (Å²) in [6.45, 7) is 7.11. The van der Waals surface area contributed by atoms with Gasteiger partial charge in [-0.25, -0.2) is 0 Å². The number of benzene rings is 1. The van der Waals surface area contributed by atoms with Crippen LogP contribution in [0.2, 0.25) is 0 Å². The number of primary amides is 1. The number of nitrogens with two attached hydrogens (primary N) is 1. The van der Waals surface area contributed by atoms with Crippen molar-refractivity contribution in [1.82, 2.24) is 15.5 Å². The summed E-state index contributed by atoms with van der Waals surface area (Å²) in [5.41, 5.74) is 6.59. The molecule has 1 aromatic rings. The average molecular weight is 374 g/mol. The number of likely N-dealkylation sites (tertiary alicyclic amines) is 1. The number of carbonyl (C=O) groups excluding carboxylic acids is 2. The Kier molecular flexibility index (Phi) is 7.64. The van der Waals surface area contributed by atoms with Gasteiger partial charge in [0.25, 0.3) is 5.91 Å². The number of hydrogen-bond acceptors (Lipinski definition) is 3. The Balaban J connectivity index is 1.84. The third-order valence-electron chi connectivity index (χ3n) is 4.69. The highest BCUT2D eigenvalue weighted by molar-refractivity contribution is 5.96. The van der Waals surface area contributed by atoms with Crippen molar-refractivity contribution in [3.05, 3.63) is 35.4 Å². The van der Waals surface area contributed by atoms with Gasteiger partial charge in [0, 0.05) is 32.2 Å². The van der Waals surface area contributed by atoms with Gasteiger partial charge in [-0.15, -0.1) is 0 Å². The minimum absolute atomic E-state index is 0.161. The second kappa shape index (κ2) is 9.94. The first kappa shape index (κ1) is 20.7. The monoisotopic (exact) mass is 373 g/mol. The van der Waals surface area contributed by atoms with Gasteiger partial charge in [-0.05, 0) is 42.4 Å². The van der Waals surface area contributed by atoms with Crippen molar-refractivity contribution in [3.63, 3.8) is 0 Å². The largest absolute Gasteiger partial charge is 0.368 e. The van der Waals surface area contributed by atoms with E-state index in [9.17, 15) is 9.59 Å². The minimum Gasteiger partial charge on any atom is -0.368 e. The zero-order chi connectivity index (χ0) is 19.8. The smallest absolute Gasteiger partial charge is 0.251 e. The number of guanidine groups is 1. The molecule has 0 spiro atoms. The molecular formula is C20H31N5O2. The van der Waals surface area contributed by atoms with E-state index in [2.05, 4.69) is 34.4 Å². The molecule has 1 aliphatic heterocycles. The van der Waals surface area contributed by atoms with E-state index in [-0.39, 0.29) is 12.5 Å². The van der Waals surface area contributed by atoms with Crippen LogP contribution in [0.4, 0.5) is 0 Å². The van der Waals surface area contributed by atoms with Crippen molar-refractivity contribution in [3.8, 4) is 0 Å². The van der Waals surface area contributed by atoms with Crippen LogP contribution < -0.4 is 16.4 Å². The van der Waals surface area contributed by atoms with Crippen molar-refractivity contribution in [2.75, 3.05) is 26.7 Å². The lowest BCUT2D eigenvalue weighted by molar-refractivity contribution is -0.117. The predicted octanol–water partition coefficient (Wildman–Crippen LogP) is 1.35. The van der Waals surface area contributed by atoms with Crippen LogP contribution in [0.25, 0.3) is 0 Å². The van der Waals surface area contributed by atoms with E-state index < -0.39 is 5.91 Å². The highest BCUT2D eigenvalue weighted by atomic mass is 16.2. The van der Waals surface area contributed by atoms with Gasteiger partial charge in [0.05, 0.1) is 6.54 Å². The molecule has 1 atom stereocenters. The maximum Gasteiger partial charge on any atom is 0.251 e. The number of aliphatic imine (C=N–C) groups is 1. The lowest BCUT2D eigenvalue weighted by Crippen LogP contribution is -2.39. The number of nitrogens with zero attached hydrogens (tertiary/aromatic N) is 2. The predicted molar refractivity (Wildman–Crippen MR) is 107 cm³/mol. The number of rotatable bonds is 7. The van der Waals surface area contributed by atoms with Crippen LogP contribution >= 0.6 is 0 Å². The molecule has 1 aromatic carbocycles. The molecule has 27 heavy (non-hydrogen) atoms. The zero-order valence-electron chi connectivity index (χ0n) is 16.5. The quantitative estimate of drug-likeness (QED) is 0.496. The molecule has 1 saturated heterocycles. The molecule has 1 fully saturated rings. The Labute approximate surface area is 161 Å². The van der Waals surface area contributed by atoms with Crippen molar-refractivity contribution in [2.24, 2.45) is 22.6 Å². The summed E-state index contributed by atoms with van der Waals surface area (Å²) in [5, 5.41) is 5.88. The molecule has 1 heterocycles. The zero-order valence-corrected chi connectivity index (χ0v) is 16.5. The normalized spacial score (nSPS) is 17.3. The summed E-state index contributed by atoms with van der Waals surface area (Å²) in [5.74, 6) is 1.51. The molecule has 7 nitrogen and oxygen atoms in total. The van der Waals surface area contributed by atoms with Crippen LogP contribution in [0.5, 0.6) is 0 Å². The Morgan fingerprint density at radius 1 is 1.26 bits per heavy atom. The Bertz CT molecular complexity index is 669. The molecule has 2 rings (SSSR count). The first-order valence-electron chi connectivity index (χ1n) is 9.50. The molecular weight excluding hydrogens is 342 g/mol. The summed E-state index contributed by atoms with van der Waals surface area (Å²) >= 11 is 0. The summed E-state index contributed by atoms with van der Waals surface area (Å²) in [6, 6.07) is 7.27. The van der Waals surface area contributed by atoms with Gasteiger partial charge in [-0.1, -0.05) is 26.0 Å². The molecule has 1 unspecified atom stereocenters. The van der Waals surface area contributed by atoms with Crippen LogP contribution in [-0.4, -0.2) is 49.4 Å². The van der Waals surface area contributed by atoms with Crippen molar-refractivity contribution >= 4 is 17.8 Å². The summed E-state index contributed by atoms with van der Waals surface area (Å²) in [7, 11) is 1.81. The maximum absolute atomic E-state index is 11.9. The van der Waals surface area contributed by atoms with Crippen LogP contribution in [0.1, 0.15) is 42.6 Å².